The van der Waals surface area contributed by atoms with Gasteiger partial charge in [-0.1, -0.05) is 0 Å². The topological polar surface area (TPSA) is 58.6 Å². The number of aldehydes is 1. The normalized spacial score (nSPS) is 9.85. The second-order valence-corrected chi connectivity index (χ2v) is 2.53. The van der Waals surface area contributed by atoms with Crippen LogP contribution in [0.2, 0.25) is 0 Å². The number of hydrogen-bond donors (Lipinski definition) is 1. The monoisotopic (exact) mass is 173 g/mol. The van der Waals surface area contributed by atoms with E-state index in [4.69, 9.17) is 0 Å². The van der Waals surface area contributed by atoms with Gasteiger partial charge in [-0.15, -0.1) is 0 Å². The molecular formula is C9H7N3O. The molecule has 2 heterocycles. The van der Waals surface area contributed by atoms with Gasteiger partial charge in [-0.05, 0) is 18.2 Å². The van der Waals surface area contributed by atoms with Crippen LogP contribution in [-0.2, 0) is 0 Å². The molecule has 0 fully saturated rings. The fourth-order valence-electron chi connectivity index (χ4n) is 1.07. The van der Waals surface area contributed by atoms with Crippen molar-refractivity contribution in [3.05, 3.63) is 36.4 Å². The fourth-order valence-corrected chi connectivity index (χ4v) is 1.07. The lowest BCUT2D eigenvalue weighted by Crippen LogP contribution is -1.90. The molecule has 2 aromatic heterocycles. The lowest BCUT2D eigenvalue weighted by Gasteiger charge is -1.95. The first-order valence-corrected chi connectivity index (χ1v) is 3.81. The van der Waals surface area contributed by atoms with Crippen LogP contribution in [-0.4, -0.2) is 21.2 Å². The second-order valence-electron chi connectivity index (χ2n) is 2.53. The van der Waals surface area contributed by atoms with Crippen molar-refractivity contribution in [2.75, 3.05) is 0 Å². The van der Waals surface area contributed by atoms with Crippen molar-refractivity contribution in [1.82, 2.24) is 15.0 Å². The van der Waals surface area contributed by atoms with Gasteiger partial charge in [-0.3, -0.25) is 4.79 Å². The highest BCUT2D eigenvalue weighted by molar-refractivity contribution is 5.74. The van der Waals surface area contributed by atoms with E-state index in [9.17, 15) is 4.79 Å². The third-order valence-corrected chi connectivity index (χ3v) is 1.68. The molecule has 2 aromatic rings. The van der Waals surface area contributed by atoms with Crippen LogP contribution >= 0.6 is 0 Å². The molecule has 0 aromatic carbocycles. The van der Waals surface area contributed by atoms with Crippen LogP contribution in [0, 0.1) is 0 Å². The molecule has 2 rings (SSSR count). The summed E-state index contributed by atoms with van der Waals surface area (Å²) in [6.45, 7) is 0. The number of H-pyrrole nitrogens is 1. The minimum atomic E-state index is 0.389. The molecule has 64 valence electrons. The number of carbonyl (C=O) groups is 1. The van der Waals surface area contributed by atoms with E-state index in [1.165, 1.54) is 6.33 Å². The number of aromatic amines is 1. The largest absolute Gasteiger partial charge is 0.360 e. The minimum absolute atomic E-state index is 0.389. The van der Waals surface area contributed by atoms with Gasteiger partial charge in [-0.2, -0.15) is 0 Å². The minimum Gasteiger partial charge on any atom is -0.360 e. The number of rotatable bonds is 2. The van der Waals surface area contributed by atoms with Crippen molar-refractivity contribution < 1.29 is 4.79 Å². The Morgan fingerprint density at radius 2 is 2.31 bits per heavy atom. The van der Waals surface area contributed by atoms with Crippen molar-refractivity contribution >= 4 is 6.29 Å². The molecule has 0 saturated heterocycles. The van der Waals surface area contributed by atoms with Gasteiger partial charge in [0.05, 0.1) is 11.4 Å². The Bertz CT molecular complexity index is 409. The van der Waals surface area contributed by atoms with Crippen LogP contribution in [0.5, 0.6) is 0 Å². The van der Waals surface area contributed by atoms with E-state index in [2.05, 4.69) is 15.0 Å². The van der Waals surface area contributed by atoms with Gasteiger partial charge in [0.2, 0.25) is 0 Å². The summed E-state index contributed by atoms with van der Waals surface area (Å²) in [4.78, 5) is 21.2. The van der Waals surface area contributed by atoms with Crippen LogP contribution in [0.4, 0.5) is 0 Å². The molecule has 0 atom stereocenters. The third-order valence-electron chi connectivity index (χ3n) is 1.68. The Labute approximate surface area is 74.7 Å². The summed E-state index contributed by atoms with van der Waals surface area (Å²) in [5, 5.41) is 0. The summed E-state index contributed by atoms with van der Waals surface area (Å²) in [6, 6.07) is 5.40. The molecule has 0 spiro atoms. The zero-order valence-corrected chi connectivity index (χ0v) is 6.77. The maximum Gasteiger partial charge on any atom is 0.168 e. The summed E-state index contributed by atoms with van der Waals surface area (Å²) in [6.07, 6.45) is 3.88. The second kappa shape index (κ2) is 3.18. The molecule has 0 amide bonds. The summed E-state index contributed by atoms with van der Waals surface area (Å²) < 4.78 is 0. The van der Waals surface area contributed by atoms with Gasteiger partial charge < -0.3 is 4.98 Å². The van der Waals surface area contributed by atoms with Gasteiger partial charge >= 0.3 is 0 Å². The van der Waals surface area contributed by atoms with Crippen LogP contribution in [0.1, 0.15) is 10.5 Å². The molecular weight excluding hydrogens is 166 g/mol. The molecule has 4 nitrogen and oxygen atoms in total. The van der Waals surface area contributed by atoms with E-state index in [-0.39, 0.29) is 0 Å². The SMILES string of the molecule is O=Cc1cc(-c2ccc[nH]2)ncn1. The lowest BCUT2D eigenvalue weighted by molar-refractivity contribution is 0.111. The third kappa shape index (κ3) is 1.46. The van der Waals surface area contributed by atoms with E-state index in [1.807, 2.05) is 12.1 Å². The first-order chi connectivity index (χ1) is 6.40. The molecule has 0 bridgehead atoms. The van der Waals surface area contributed by atoms with Crippen molar-refractivity contribution in [3.8, 4) is 11.4 Å². The Morgan fingerprint density at radius 3 is 3.00 bits per heavy atom. The van der Waals surface area contributed by atoms with Crippen LogP contribution < -0.4 is 0 Å². The smallest absolute Gasteiger partial charge is 0.168 e. The van der Waals surface area contributed by atoms with Gasteiger partial charge in [0.1, 0.15) is 12.0 Å². The first-order valence-electron chi connectivity index (χ1n) is 3.81. The number of aromatic nitrogens is 3. The maximum atomic E-state index is 10.4. The molecule has 1 N–H and O–H groups in total. The molecule has 0 aliphatic heterocycles. The maximum absolute atomic E-state index is 10.4. The van der Waals surface area contributed by atoms with Crippen LogP contribution in [0.15, 0.2) is 30.7 Å². The predicted octanol–water partition coefficient (Wildman–Crippen LogP) is 1.28. The molecule has 0 radical (unpaired) electrons. The van der Waals surface area contributed by atoms with E-state index in [0.717, 1.165) is 11.4 Å². The quantitative estimate of drug-likeness (QED) is 0.696. The van der Waals surface area contributed by atoms with Crippen molar-refractivity contribution in [2.24, 2.45) is 0 Å². The highest BCUT2D eigenvalue weighted by Gasteiger charge is 2.00. The molecule has 0 aliphatic carbocycles. The molecule has 0 saturated carbocycles. The summed E-state index contributed by atoms with van der Waals surface area (Å²) >= 11 is 0. The lowest BCUT2D eigenvalue weighted by atomic mass is 10.3. The summed E-state index contributed by atoms with van der Waals surface area (Å²) in [5.74, 6) is 0. The zero-order valence-electron chi connectivity index (χ0n) is 6.77. The molecule has 0 unspecified atom stereocenters. The zero-order chi connectivity index (χ0) is 9.10. The Balaban J connectivity index is 2.47. The van der Waals surface area contributed by atoms with Gasteiger partial charge in [0.15, 0.2) is 6.29 Å². The average molecular weight is 173 g/mol. The van der Waals surface area contributed by atoms with E-state index >= 15 is 0 Å². The molecule has 0 aliphatic rings. The number of nitrogens with zero attached hydrogens (tertiary/aromatic N) is 2. The average Bonchev–Trinajstić information content (AvgIpc) is 2.71. The van der Waals surface area contributed by atoms with Crippen molar-refractivity contribution in [3.63, 3.8) is 0 Å². The summed E-state index contributed by atoms with van der Waals surface area (Å²) in [5.41, 5.74) is 1.99. The van der Waals surface area contributed by atoms with Gasteiger partial charge in [0.25, 0.3) is 0 Å². The Kier molecular flexibility index (Phi) is 1.88. The van der Waals surface area contributed by atoms with Gasteiger partial charge in [-0.25, -0.2) is 9.97 Å². The first kappa shape index (κ1) is 7.67. The van der Waals surface area contributed by atoms with E-state index < -0.39 is 0 Å². The van der Waals surface area contributed by atoms with Crippen LogP contribution in [0.25, 0.3) is 11.4 Å². The number of nitrogens with one attached hydrogen (secondary N) is 1. The van der Waals surface area contributed by atoms with Gasteiger partial charge in [0, 0.05) is 6.20 Å². The fraction of sp³-hybridized carbons (Fsp3) is 0. The van der Waals surface area contributed by atoms with Crippen molar-refractivity contribution in [2.45, 2.75) is 0 Å². The highest BCUT2D eigenvalue weighted by Crippen LogP contribution is 2.12. The highest BCUT2D eigenvalue weighted by atomic mass is 16.1. The molecule has 13 heavy (non-hydrogen) atoms. The Hall–Kier alpha value is -1.97. The Morgan fingerprint density at radius 1 is 1.38 bits per heavy atom. The van der Waals surface area contributed by atoms with E-state index in [1.54, 1.807) is 12.3 Å². The number of carbonyl (C=O) groups excluding carboxylic acids is 1. The summed E-state index contributed by atoms with van der Waals surface area (Å²) in [7, 11) is 0. The number of hydrogen-bond acceptors (Lipinski definition) is 3. The standard InChI is InChI=1S/C9H7N3O/c13-5-7-4-9(12-6-11-7)8-2-1-3-10-8/h1-6,10H. The van der Waals surface area contributed by atoms with E-state index in [0.29, 0.717) is 12.0 Å². The van der Waals surface area contributed by atoms with Crippen LogP contribution in [0.3, 0.4) is 0 Å². The molecule has 4 heteroatoms. The predicted molar refractivity (Wildman–Crippen MR) is 47.2 cm³/mol. The van der Waals surface area contributed by atoms with Crippen molar-refractivity contribution in [1.29, 1.82) is 0 Å².